The van der Waals surface area contributed by atoms with Gasteiger partial charge in [-0.2, -0.15) is 0 Å². The Hall–Kier alpha value is -1.40. The van der Waals surface area contributed by atoms with Crippen LogP contribution in [0.1, 0.15) is 41.8 Å². The molecule has 0 aliphatic heterocycles. The number of thiophene rings is 1. The summed E-state index contributed by atoms with van der Waals surface area (Å²) in [5.74, 6) is -0.0223. The molecule has 2 heterocycles. The van der Waals surface area contributed by atoms with Gasteiger partial charge < -0.3 is 4.74 Å². The molecule has 114 valence electrons. The molecular formula is C14H18ClN3O2S. The summed E-state index contributed by atoms with van der Waals surface area (Å²) in [4.78, 5) is 13.0. The van der Waals surface area contributed by atoms with Crippen LogP contribution in [0.2, 0.25) is 4.34 Å². The molecule has 7 heteroatoms. The van der Waals surface area contributed by atoms with Gasteiger partial charge in [-0.15, -0.1) is 16.4 Å². The molecule has 0 amide bonds. The number of halogens is 1. The van der Waals surface area contributed by atoms with E-state index in [9.17, 15) is 4.79 Å². The van der Waals surface area contributed by atoms with Crippen LogP contribution in [0, 0.1) is 5.92 Å². The normalized spacial score (nSPS) is 11.1. The van der Waals surface area contributed by atoms with Crippen LogP contribution >= 0.6 is 22.9 Å². The van der Waals surface area contributed by atoms with Crippen molar-refractivity contribution in [2.75, 3.05) is 6.61 Å². The fourth-order valence-electron chi connectivity index (χ4n) is 1.99. The van der Waals surface area contributed by atoms with Crippen LogP contribution in [0.3, 0.4) is 0 Å². The first-order valence-corrected chi connectivity index (χ1v) is 8.04. The quantitative estimate of drug-likeness (QED) is 0.763. The topological polar surface area (TPSA) is 57.0 Å². The first-order valence-electron chi connectivity index (χ1n) is 6.85. The van der Waals surface area contributed by atoms with Crippen molar-refractivity contribution >= 4 is 28.9 Å². The molecule has 0 saturated heterocycles. The SMILES string of the molecule is CCOC(=O)c1nnn(Cc2ccc(Cl)s2)c1CC(C)C. The number of carbonyl (C=O) groups excluding carboxylic acids is 1. The molecule has 2 rings (SSSR count). The Morgan fingerprint density at radius 3 is 2.81 bits per heavy atom. The predicted molar refractivity (Wildman–Crippen MR) is 83.0 cm³/mol. The number of hydrogen-bond acceptors (Lipinski definition) is 5. The van der Waals surface area contributed by atoms with Gasteiger partial charge in [0.05, 0.1) is 23.2 Å². The molecule has 5 nitrogen and oxygen atoms in total. The minimum Gasteiger partial charge on any atom is -0.461 e. The molecule has 0 aromatic carbocycles. The summed E-state index contributed by atoms with van der Waals surface area (Å²) < 4.78 is 7.54. The summed E-state index contributed by atoms with van der Waals surface area (Å²) in [5, 5.41) is 8.11. The summed E-state index contributed by atoms with van der Waals surface area (Å²) in [6.07, 6.45) is 0.722. The van der Waals surface area contributed by atoms with Gasteiger partial charge in [-0.1, -0.05) is 30.7 Å². The maximum absolute atomic E-state index is 12.0. The van der Waals surface area contributed by atoms with Gasteiger partial charge in [-0.25, -0.2) is 9.48 Å². The van der Waals surface area contributed by atoms with Crippen molar-refractivity contribution in [3.05, 3.63) is 32.7 Å². The lowest BCUT2D eigenvalue weighted by Crippen LogP contribution is -2.13. The number of ether oxygens (including phenoxy) is 1. The van der Waals surface area contributed by atoms with Crippen LogP contribution in [0.25, 0.3) is 0 Å². The zero-order valence-corrected chi connectivity index (χ0v) is 13.9. The van der Waals surface area contributed by atoms with E-state index in [1.807, 2.05) is 12.1 Å². The van der Waals surface area contributed by atoms with Gasteiger partial charge in [0.2, 0.25) is 0 Å². The van der Waals surface area contributed by atoms with Gasteiger partial charge in [0.25, 0.3) is 0 Å². The predicted octanol–water partition coefficient (Wildman–Crippen LogP) is 3.42. The molecule has 0 fully saturated rings. The molecule has 2 aromatic heterocycles. The van der Waals surface area contributed by atoms with Gasteiger partial charge in [0, 0.05) is 4.88 Å². The Kier molecular flexibility index (Phi) is 5.36. The third kappa shape index (κ3) is 4.04. The third-order valence-corrected chi connectivity index (χ3v) is 4.06. The lowest BCUT2D eigenvalue weighted by atomic mass is 10.1. The van der Waals surface area contributed by atoms with Crippen molar-refractivity contribution in [3.8, 4) is 0 Å². The van der Waals surface area contributed by atoms with E-state index in [2.05, 4.69) is 24.2 Å². The molecular weight excluding hydrogens is 310 g/mol. The van der Waals surface area contributed by atoms with Gasteiger partial charge in [0.15, 0.2) is 5.69 Å². The highest BCUT2D eigenvalue weighted by Crippen LogP contribution is 2.23. The van der Waals surface area contributed by atoms with Crippen molar-refractivity contribution in [1.82, 2.24) is 15.0 Å². The van der Waals surface area contributed by atoms with E-state index in [1.54, 1.807) is 11.6 Å². The second-order valence-corrected chi connectivity index (χ2v) is 6.87. The van der Waals surface area contributed by atoms with E-state index in [4.69, 9.17) is 16.3 Å². The minimum atomic E-state index is -0.413. The second-order valence-electron chi connectivity index (χ2n) is 5.07. The van der Waals surface area contributed by atoms with Crippen molar-refractivity contribution in [1.29, 1.82) is 0 Å². The number of rotatable bonds is 6. The van der Waals surface area contributed by atoms with E-state index < -0.39 is 5.97 Å². The number of hydrogen-bond donors (Lipinski definition) is 0. The van der Waals surface area contributed by atoms with Crippen LogP contribution in [0.4, 0.5) is 0 Å². The van der Waals surface area contributed by atoms with Gasteiger partial charge in [-0.05, 0) is 31.4 Å². The van der Waals surface area contributed by atoms with E-state index in [-0.39, 0.29) is 0 Å². The first-order chi connectivity index (χ1) is 10.0. The number of carbonyl (C=O) groups is 1. The number of nitrogens with zero attached hydrogens (tertiary/aromatic N) is 3. The van der Waals surface area contributed by atoms with Crippen LogP contribution in [0.5, 0.6) is 0 Å². The van der Waals surface area contributed by atoms with E-state index in [0.717, 1.165) is 21.3 Å². The van der Waals surface area contributed by atoms with Crippen LogP contribution in [-0.2, 0) is 17.7 Å². The van der Waals surface area contributed by atoms with Crippen molar-refractivity contribution in [2.24, 2.45) is 5.92 Å². The maximum Gasteiger partial charge on any atom is 0.360 e. The molecule has 0 spiro atoms. The molecule has 2 aromatic rings. The molecule has 0 atom stereocenters. The first kappa shape index (κ1) is 16.0. The van der Waals surface area contributed by atoms with Crippen molar-refractivity contribution < 1.29 is 9.53 Å². The molecule has 0 radical (unpaired) electrons. The van der Waals surface area contributed by atoms with Gasteiger partial charge in [-0.3, -0.25) is 0 Å². The molecule has 0 N–H and O–H groups in total. The molecule has 0 aliphatic rings. The largest absolute Gasteiger partial charge is 0.461 e. The average Bonchev–Trinajstić information content (AvgIpc) is 2.97. The minimum absolute atomic E-state index is 0.313. The zero-order chi connectivity index (χ0) is 15.4. The Bertz CT molecular complexity index is 622. The van der Waals surface area contributed by atoms with Gasteiger partial charge >= 0.3 is 5.97 Å². The lowest BCUT2D eigenvalue weighted by Gasteiger charge is -2.09. The standard InChI is InChI=1S/C14H18ClN3O2S/c1-4-20-14(19)13-11(7-9(2)3)18(17-16-13)8-10-5-6-12(15)21-10/h5-6,9H,4,7-8H2,1-3H3. The highest BCUT2D eigenvalue weighted by atomic mass is 35.5. The fourth-order valence-corrected chi connectivity index (χ4v) is 3.06. The zero-order valence-electron chi connectivity index (χ0n) is 12.3. The molecule has 0 aliphatic carbocycles. The summed E-state index contributed by atoms with van der Waals surface area (Å²) in [5.41, 5.74) is 1.13. The summed E-state index contributed by atoms with van der Waals surface area (Å²) in [6.45, 7) is 6.85. The van der Waals surface area contributed by atoms with Crippen molar-refractivity contribution in [2.45, 2.75) is 33.7 Å². The smallest absolute Gasteiger partial charge is 0.360 e. The highest BCUT2D eigenvalue weighted by molar-refractivity contribution is 7.16. The monoisotopic (exact) mass is 327 g/mol. The second kappa shape index (κ2) is 7.04. The van der Waals surface area contributed by atoms with E-state index >= 15 is 0 Å². The maximum atomic E-state index is 12.0. The Morgan fingerprint density at radius 2 is 2.24 bits per heavy atom. The third-order valence-electron chi connectivity index (χ3n) is 2.84. The molecule has 0 saturated carbocycles. The molecule has 0 bridgehead atoms. The van der Waals surface area contributed by atoms with E-state index in [1.165, 1.54) is 11.3 Å². The Balaban J connectivity index is 2.29. The van der Waals surface area contributed by atoms with Crippen LogP contribution in [-0.4, -0.2) is 27.6 Å². The van der Waals surface area contributed by atoms with Crippen LogP contribution < -0.4 is 0 Å². The van der Waals surface area contributed by atoms with Gasteiger partial charge in [0.1, 0.15) is 0 Å². The Morgan fingerprint density at radius 1 is 1.48 bits per heavy atom. The number of aromatic nitrogens is 3. The van der Waals surface area contributed by atoms with Crippen molar-refractivity contribution in [3.63, 3.8) is 0 Å². The molecule has 21 heavy (non-hydrogen) atoms. The lowest BCUT2D eigenvalue weighted by molar-refractivity contribution is 0.0518. The average molecular weight is 328 g/mol. The number of esters is 1. The van der Waals surface area contributed by atoms with E-state index in [0.29, 0.717) is 24.8 Å². The Labute approximate surface area is 132 Å². The van der Waals surface area contributed by atoms with Crippen LogP contribution in [0.15, 0.2) is 12.1 Å². The highest BCUT2D eigenvalue weighted by Gasteiger charge is 2.21. The molecule has 0 unspecified atom stereocenters. The summed E-state index contributed by atoms with van der Waals surface area (Å²) >= 11 is 7.45. The summed E-state index contributed by atoms with van der Waals surface area (Å²) in [6, 6.07) is 3.81. The summed E-state index contributed by atoms with van der Waals surface area (Å²) in [7, 11) is 0. The fraction of sp³-hybridized carbons (Fsp3) is 0.500.